The predicted molar refractivity (Wildman–Crippen MR) is 211 cm³/mol. The molecule has 3 fully saturated rings. The van der Waals surface area contributed by atoms with Gasteiger partial charge in [0.25, 0.3) is 0 Å². The standard InChI is InChI=1S/C39H60N8O12/c48-32(37(39(57)58)46-17-15-44(25-35(52)53)13-14-45(16-18-46)26-36(54)55)7-10-41-11-19-59-30-20-29(22-42-23-30)31(21-34(50)51)43-38(56)28-2-1-12-47(24-28)33(49)4-3-27-5-8-40-9-6-27/h20,22-23,27-28,31,37,40-41H,1-19,21,24-26H2,(H,43,56)(H,50,51)(H,52,53)(H,54,55)(H,57,58)/t28-,31?,37?/m1/s1. The first-order valence-electron chi connectivity index (χ1n) is 20.5. The van der Waals surface area contributed by atoms with Gasteiger partial charge in [-0.3, -0.25) is 53.2 Å². The van der Waals surface area contributed by atoms with E-state index in [9.17, 15) is 54.0 Å². The molecule has 0 aliphatic carbocycles. The third-order valence-electron chi connectivity index (χ3n) is 11.1. The minimum atomic E-state index is -1.51. The van der Waals surface area contributed by atoms with E-state index in [1.165, 1.54) is 17.3 Å². The summed E-state index contributed by atoms with van der Waals surface area (Å²) in [6.45, 7) is 3.80. The van der Waals surface area contributed by atoms with Crippen molar-refractivity contribution in [2.75, 3.05) is 98.2 Å². The Kier molecular flexibility index (Phi) is 19.4. The molecule has 59 heavy (non-hydrogen) atoms. The van der Waals surface area contributed by atoms with Crippen molar-refractivity contribution in [3.63, 3.8) is 0 Å². The van der Waals surface area contributed by atoms with Crippen LogP contribution in [0.5, 0.6) is 5.75 Å². The van der Waals surface area contributed by atoms with E-state index < -0.39 is 54.1 Å². The van der Waals surface area contributed by atoms with Crippen LogP contribution in [0.3, 0.4) is 0 Å². The van der Waals surface area contributed by atoms with E-state index in [0.717, 1.165) is 32.4 Å². The lowest BCUT2D eigenvalue weighted by atomic mass is 9.92. The molecule has 2 unspecified atom stereocenters. The SMILES string of the molecule is O=C(O)CC(NC(=O)[C@@H]1CCCN(C(=O)CCC2CCNCC2)C1)c1cncc(OCCNCCC(=O)C(C(=O)O)N2CCN(CC(=O)O)CCN(CC(=O)O)CC2)c1. The number of rotatable bonds is 22. The smallest absolute Gasteiger partial charge is 0.328 e. The minimum absolute atomic E-state index is 0.0428. The summed E-state index contributed by atoms with van der Waals surface area (Å²) < 4.78 is 5.82. The molecule has 0 aromatic carbocycles. The van der Waals surface area contributed by atoms with E-state index in [2.05, 4.69) is 20.9 Å². The van der Waals surface area contributed by atoms with Crippen molar-refractivity contribution in [2.45, 2.75) is 63.5 Å². The van der Waals surface area contributed by atoms with Crippen LogP contribution in [0.25, 0.3) is 0 Å². The lowest BCUT2D eigenvalue weighted by Gasteiger charge is -2.33. The van der Waals surface area contributed by atoms with Crippen LogP contribution in [-0.2, 0) is 33.6 Å². The Balaban J connectivity index is 1.25. The number of carboxylic acid groups (broad SMARTS) is 4. The van der Waals surface area contributed by atoms with Crippen LogP contribution >= 0.6 is 0 Å². The van der Waals surface area contributed by atoms with E-state index in [0.29, 0.717) is 43.0 Å². The van der Waals surface area contributed by atoms with Crippen molar-refractivity contribution >= 4 is 41.5 Å². The van der Waals surface area contributed by atoms with Crippen molar-refractivity contribution in [1.29, 1.82) is 0 Å². The number of amides is 2. The van der Waals surface area contributed by atoms with Crippen LogP contribution in [0.2, 0.25) is 0 Å². The normalized spacial score (nSPS) is 20.0. The van der Waals surface area contributed by atoms with Crippen molar-refractivity contribution in [1.82, 2.24) is 40.5 Å². The number of likely N-dealkylation sites (tertiary alicyclic amines) is 1. The van der Waals surface area contributed by atoms with Gasteiger partial charge in [-0.1, -0.05) is 0 Å². The maximum Gasteiger partial charge on any atom is 0.328 e. The second-order valence-electron chi connectivity index (χ2n) is 15.5. The summed E-state index contributed by atoms with van der Waals surface area (Å²) >= 11 is 0. The molecule has 7 N–H and O–H groups in total. The molecule has 20 nitrogen and oxygen atoms in total. The highest BCUT2D eigenvalue weighted by molar-refractivity contribution is 6.02. The fourth-order valence-electron chi connectivity index (χ4n) is 7.82. The molecule has 3 aliphatic rings. The van der Waals surface area contributed by atoms with Gasteiger partial charge in [0.15, 0.2) is 11.8 Å². The first-order chi connectivity index (χ1) is 28.3. The molecule has 4 heterocycles. The van der Waals surface area contributed by atoms with E-state index in [4.69, 9.17) is 4.74 Å². The number of hydrogen-bond donors (Lipinski definition) is 7. The van der Waals surface area contributed by atoms with Crippen LogP contribution in [0.15, 0.2) is 18.5 Å². The van der Waals surface area contributed by atoms with Gasteiger partial charge in [0.05, 0.1) is 37.7 Å². The molecule has 1 aromatic heterocycles. The maximum atomic E-state index is 13.4. The molecule has 0 spiro atoms. The Hall–Kier alpha value is -4.76. The average Bonchev–Trinajstić information content (AvgIpc) is 3.28. The van der Waals surface area contributed by atoms with Crippen molar-refractivity contribution in [2.24, 2.45) is 11.8 Å². The fourth-order valence-corrected chi connectivity index (χ4v) is 7.82. The van der Waals surface area contributed by atoms with Crippen LogP contribution < -0.4 is 20.7 Å². The number of ketones is 1. The number of hydrogen-bond acceptors (Lipinski definition) is 14. The molecule has 3 atom stereocenters. The zero-order chi connectivity index (χ0) is 42.7. The molecule has 3 saturated heterocycles. The summed E-state index contributed by atoms with van der Waals surface area (Å²) in [5.41, 5.74) is 0.430. The number of nitrogens with zero attached hydrogens (tertiary/aromatic N) is 5. The van der Waals surface area contributed by atoms with Gasteiger partial charge in [-0.05, 0) is 62.7 Å². The van der Waals surface area contributed by atoms with Crippen molar-refractivity contribution in [3.8, 4) is 5.75 Å². The molecule has 3 aliphatic heterocycles. The van der Waals surface area contributed by atoms with Crippen molar-refractivity contribution in [3.05, 3.63) is 24.0 Å². The number of nitrogens with one attached hydrogen (secondary N) is 3. The Bertz CT molecular complexity index is 1570. The number of ether oxygens (including phenoxy) is 1. The molecule has 328 valence electrons. The third-order valence-corrected chi connectivity index (χ3v) is 11.1. The molecule has 0 bridgehead atoms. The second kappa shape index (κ2) is 24.4. The highest BCUT2D eigenvalue weighted by Crippen LogP contribution is 2.25. The van der Waals surface area contributed by atoms with Crippen LogP contribution in [0, 0.1) is 11.8 Å². The molecule has 2 amide bonds. The number of pyridine rings is 1. The van der Waals surface area contributed by atoms with E-state index in [1.54, 1.807) is 20.8 Å². The van der Waals surface area contributed by atoms with Crippen LogP contribution in [0.4, 0.5) is 0 Å². The van der Waals surface area contributed by atoms with Crippen molar-refractivity contribution < 1.29 is 58.7 Å². The van der Waals surface area contributed by atoms with Crippen LogP contribution in [-0.4, -0.2) is 191 Å². The molecule has 0 radical (unpaired) electrons. The van der Waals surface area contributed by atoms with E-state index in [-0.39, 0.29) is 96.8 Å². The Labute approximate surface area is 343 Å². The summed E-state index contributed by atoms with van der Waals surface area (Å²) in [5.74, 6) is -5.11. The third kappa shape index (κ3) is 16.4. The molecule has 1 aromatic rings. The quantitative estimate of drug-likeness (QED) is 0.0557. The summed E-state index contributed by atoms with van der Waals surface area (Å²) in [4.78, 5) is 97.1. The first-order valence-corrected chi connectivity index (χ1v) is 20.5. The van der Waals surface area contributed by atoms with Gasteiger partial charge in [-0.15, -0.1) is 0 Å². The monoisotopic (exact) mass is 832 g/mol. The average molecular weight is 833 g/mol. The summed E-state index contributed by atoms with van der Waals surface area (Å²) in [7, 11) is 0. The zero-order valence-electron chi connectivity index (χ0n) is 33.6. The molecule has 4 rings (SSSR count). The topological polar surface area (TPSA) is 272 Å². The predicted octanol–water partition coefficient (Wildman–Crippen LogP) is -0.798. The highest BCUT2D eigenvalue weighted by atomic mass is 16.5. The Morgan fingerprint density at radius 2 is 1.47 bits per heavy atom. The maximum absolute atomic E-state index is 13.4. The number of aromatic nitrogens is 1. The Morgan fingerprint density at radius 3 is 2.10 bits per heavy atom. The van der Waals surface area contributed by atoms with Gasteiger partial charge in [-0.2, -0.15) is 0 Å². The number of carbonyl (C=O) groups excluding carboxylic acids is 3. The van der Waals surface area contributed by atoms with Gasteiger partial charge >= 0.3 is 23.9 Å². The summed E-state index contributed by atoms with van der Waals surface area (Å²) in [5, 5.41) is 47.5. The second-order valence-corrected chi connectivity index (χ2v) is 15.5. The van der Waals surface area contributed by atoms with Gasteiger partial charge < -0.3 is 46.0 Å². The van der Waals surface area contributed by atoms with E-state index in [1.807, 2.05) is 0 Å². The number of Topliss-reactive ketones (excluding diaryl/α,β-unsaturated/α-hetero) is 1. The molecular formula is C39H60N8O12. The number of carbonyl (C=O) groups is 7. The summed E-state index contributed by atoms with van der Waals surface area (Å²) in [6.07, 6.45) is 7.03. The van der Waals surface area contributed by atoms with E-state index >= 15 is 0 Å². The van der Waals surface area contributed by atoms with Gasteiger partial charge in [0.2, 0.25) is 11.8 Å². The van der Waals surface area contributed by atoms with Gasteiger partial charge in [-0.25, -0.2) is 0 Å². The van der Waals surface area contributed by atoms with Gasteiger partial charge in [0, 0.05) is 84.5 Å². The first kappa shape index (κ1) is 46.9. The van der Waals surface area contributed by atoms with Gasteiger partial charge in [0.1, 0.15) is 12.4 Å². The minimum Gasteiger partial charge on any atom is -0.491 e. The Morgan fingerprint density at radius 1 is 0.814 bits per heavy atom. The molecule has 20 heteroatoms. The largest absolute Gasteiger partial charge is 0.491 e. The number of piperidine rings is 2. The molecular weight excluding hydrogens is 772 g/mol. The zero-order valence-corrected chi connectivity index (χ0v) is 33.6. The lowest BCUT2D eigenvalue weighted by Crippen LogP contribution is -2.51. The highest BCUT2D eigenvalue weighted by Gasteiger charge is 2.34. The number of aliphatic carboxylic acids is 4. The van der Waals surface area contributed by atoms with Crippen LogP contribution in [0.1, 0.15) is 63.0 Å². The number of carboxylic acids is 4. The molecule has 0 saturated carbocycles. The summed E-state index contributed by atoms with van der Waals surface area (Å²) in [6, 6.07) is -0.807. The fraction of sp³-hybridized carbons (Fsp3) is 0.692. The lowest BCUT2D eigenvalue weighted by molar-refractivity contribution is -0.149.